The largest absolute Gasteiger partial charge is 0.481 e. The Morgan fingerprint density at radius 3 is 2.30 bits per heavy atom. The van der Waals surface area contributed by atoms with Crippen molar-refractivity contribution in [3.63, 3.8) is 0 Å². The first-order valence-electron chi connectivity index (χ1n) is 13.6. The van der Waals surface area contributed by atoms with E-state index in [0.717, 1.165) is 0 Å². The summed E-state index contributed by atoms with van der Waals surface area (Å²) in [4.78, 5) is 52.0. The number of fused-ring (bicyclic) bond motifs is 1. The zero-order valence-electron chi connectivity index (χ0n) is 24.8. The molecule has 0 bridgehead atoms. The van der Waals surface area contributed by atoms with E-state index in [1.807, 2.05) is 13.8 Å². The summed E-state index contributed by atoms with van der Waals surface area (Å²) < 4.78 is 11.2. The number of carbonyl (C=O) groups excluding carboxylic acids is 3. The molecule has 1 aromatic carbocycles. The van der Waals surface area contributed by atoms with Crippen LogP contribution in [-0.4, -0.2) is 71.5 Å². The molecule has 0 aromatic heterocycles. The van der Waals surface area contributed by atoms with Crippen LogP contribution in [0.25, 0.3) is 0 Å². The van der Waals surface area contributed by atoms with Crippen molar-refractivity contribution in [3.8, 4) is 5.75 Å². The first-order valence-corrected chi connectivity index (χ1v) is 13.6. The summed E-state index contributed by atoms with van der Waals surface area (Å²) in [5.74, 6) is -2.29. The van der Waals surface area contributed by atoms with Gasteiger partial charge in [-0.1, -0.05) is 39.8 Å². The lowest BCUT2D eigenvalue weighted by Gasteiger charge is -2.37. The second-order valence-electron chi connectivity index (χ2n) is 12.5. The molecule has 0 spiro atoms. The molecule has 0 aliphatic carbocycles. The van der Waals surface area contributed by atoms with E-state index in [4.69, 9.17) is 9.47 Å². The van der Waals surface area contributed by atoms with Gasteiger partial charge >= 0.3 is 12.1 Å². The number of rotatable bonds is 11. The third-order valence-electron chi connectivity index (χ3n) is 6.80. The van der Waals surface area contributed by atoms with Gasteiger partial charge in [0, 0.05) is 13.5 Å². The number of nitrogens with zero attached hydrogens (tertiary/aromatic N) is 1. The molecule has 0 unspecified atom stereocenters. The molecule has 11 heteroatoms. The van der Waals surface area contributed by atoms with E-state index in [2.05, 4.69) is 10.6 Å². The quantitative estimate of drug-likeness (QED) is 0.320. The zero-order valence-corrected chi connectivity index (χ0v) is 24.8. The molecule has 1 aliphatic heterocycles. The summed E-state index contributed by atoms with van der Waals surface area (Å²) >= 11 is 0. The molecule has 40 heavy (non-hydrogen) atoms. The van der Waals surface area contributed by atoms with Gasteiger partial charge in [-0.25, -0.2) is 4.79 Å². The van der Waals surface area contributed by atoms with Crippen molar-refractivity contribution in [2.45, 2.75) is 91.6 Å². The average Bonchev–Trinajstić information content (AvgIpc) is 2.83. The first-order chi connectivity index (χ1) is 18.4. The van der Waals surface area contributed by atoms with E-state index in [1.54, 1.807) is 58.9 Å². The smallest absolute Gasteiger partial charge is 0.407 e. The van der Waals surface area contributed by atoms with Crippen LogP contribution in [0.15, 0.2) is 24.3 Å². The fourth-order valence-corrected chi connectivity index (χ4v) is 4.77. The molecule has 1 heterocycles. The molecule has 0 saturated heterocycles. The van der Waals surface area contributed by atoms with Gasteiger partial charge in [0.1, 0.15) is 11.4 Å². The predicted molar refractivity (Wildman–Crippen MR) is 150 cm³/mol. The highest BCUT2D eigenvalue weighted by Crippen LogP contribution is 2.36. The number of alkyl carbamates (subject to hydrolysis) is 1. The van der Waals surface area contributed by atoms with Crippen LogP contribution in [-0.2, 0) is 19.1 Å². The van der Waals surface area contributed by atoms with Crippen LogP contribution in [0.2, 0.25) is 0 Å². The Kier molecular flexibility index (Phi) is 11.0. The standard InChI is InChI=1S/C29H45N3O8/c1-17(2)18(26(36)37)13-21(33)19(31-27(38)40-28(3,4)5)14-29(6,7)15-24(34)32-16-23(25(35)30-8)39-22-12-10-9-11-20(22)32/h9-12,17-19,21,23,33H,13-16H2,1-8H3,(H,30,35)(H,31,38)(H,36,37)/t18-,19-,21-,23+/m0/s1. The number of aliphatic carboxylic acids is 1. The Morgan fingerprint density at radius 2 is 1.75 bits per heavy atom. The molecule has 3 amide bonds. The lowest BCUT2D eigenvalue weighted by molar-refractivity contribution is -0.144. The first kappa shape index (κ1) is 32.9. The van der Waals surface area contributed by atoms with Crippen molar-refractivity contribution >= 4 is 29.6 Å². The van der Waals surface area contributed by atoms with Gasteiger partial charge in [-0.15, -0.1) is 0 Å². The second-order valence-corrected chi connectivity index (χ2v) is 12.5. The number of aliphatic hydroxyl groups excluding tert-OH is 1. The average molecular weight is 564 g/mol. The SMILES string of the molecule is CNC(=O)[C@H]1CN(C(=O)CC(C)(C)C[C@H](NC(=O)OC(C)(C)C)[C@@H](O)C[C@H](C(=O)O)C(C)C)c2ccccc2O1. The van der Waals surface area contributed by atoms with E-state index < -0.39 is 47.2 Å². The van der Waals surface area contributed by atoms with Crippen LogP contribution >= 0.6 is 0 Å². The van der Waals surface area contributed by atoms with Crippen molar-refractivity contribution in [3.05, 3.63) is 24.3 Å². The maximum absolute atomic E-state index is 13.6. The molecule has 0 fully saturated rings. The third kappa shape index (κ3) is 9.39. The summed E-state index contributed by atoms with van der Waals surface area (Å²) in [5, 5.41) is 26.0. The van der Waals surface area contributed by atoms with Crippen molar-refractivity contribution < 1.29 is 38.9 Å². The molecular weight excluding hydrogens is 518 g/mol. The van der Waals surface area contributed by atoms with Crippen LogP contribution in [0.5, 0.6) is 5.75 Å². The van der Waals surface area contributed by atoms with Gasteiger partial charge in [-0.3, -0.25) is 14.4 Å². The van der Waals surface area contributed by atoms with Crippen LogP contribution < -0.4 is 20.3 Å². The normalized spacial score (nSPS) is 17.6. The van der Waals surface area contributed by atoms with Gasteiger partial charge in [-0.2, -0.15) is 0 Å². The summed E-state index contributed by atoms with van der Waals surface area (Å²) in [5.41, 5.74) is -0.977. The third-order valence-corrected chi connectivity index (χ3v) is 6.80. The van der Waals surface area contributed by atoms with Crippen molar-refractivity contribution in [1.29, 1.82) is 0 Å². The van der Waals surface area contributed by atoms with Crippen LogP contribution in [0, 0.1) is 17.3 Å². The van der Waals surface area contributed by atoms with Crippen molar-refractivity contribution in [2.24, 2.45) is 17.3 Å². The lowest BCUT2D eigenvalue weighted by atomic mass is 9.78. The molecule has 1 aliphatic rings. The highest BCUT2D eigenvalue weighted by atomic mass is 16.6. The van der Waals surface area contributed by atoms with Gasteiger partial charge in [-0.05, 0) is 57.1 Å². The minimum Gasteiger partial charge on any atom is -0.481 e. The number of likely N-dealkylation sites (N-methyl/N-ethyl adjacent to an activating group) is 1. The highest BCUT2D eigenvalue weighted by molar-refractivity contribution is 5.97. The topological polar surface area (TPSA) is 154 Å². The van der Waals surface area contributed by atoms with Gasteiger partial charge in [0.25, 0.3) is 5.91 Å². The Hall–Kier alpha value is -3.34. The van der Waals surface area contributed by atoms with Crippen molar-refractivity contribution in [1.82, 2.24) is 10.6 Å². The number of carboxylic acid groups (broad SMARTS) is 1. The number of carbonyl (C=O) groups is 4. The minimum atomic E-state index is -1.20. The van der Waals surface area contributed by atoms with E-state index in [1.165, 1.54) is 11.9 Å². The van der Waals surface area contributed by atoms with Gasteiger partial charge in [0.15, 0.2) is 6.10 Å². The van der Waals surface area contributed by atoms with Gasteiger partial charge < -0.3 is 35.2 Å². The fourth-order valence-electron chi connectivity index (χ4n) is 4.77. The summed E-state index contributed by atoms with van der Waals surface area (Å²) in [7, 11) is 1.50. The summed E-state index contributed by atoms with van der Waals surface area (Å²) in [6, 6.07) is 6.09. The number of hydrogen-bond acceptors (Lipinski definition) is 7. The highest BCUT2D eigenvalue weighted by Gasteiger charge is 2.38. The summed E-state index contributed by atoms with van der Waals surface area (Å²) in [6.45, 7) is 12.4. The van der Waals surface area contributed by atoms with E-state index >= 15 is 0 Å². The maximum Gasteiger partial charge on any atom is 0.407 e. The van der Waals surface area contributed by atoms with Gasteiger partial charge in [0.2, 0.25) is 5.91 Å². The molecular formula is C29H45N3O8. The van der Waals surface area contributed by atoms with Crippen LogP contribution in [0.4, 0.5) is 10.5 Å². The molecule has 0 saturated carbocycles. The Labute approximate surface area is 236 Å². The number of benzene rings is 1. The number of amides is 3. The van der Waals surface area contributed by atoms with Crippen LogP contribution in [0.3, 0.4) is 0 Å². The molecule has 0 radical (unpaired) electrons. The summed E-state index contributed by atoms with van der Waals surface area (Å²) in [6.07, 6.45) is -2.72. The Morgan fingerprint density at radius 1 is 1.12 bits per heavy atom. The molecule has 4 N–H and O–H groups in total. The number of hydrogen-bond donors (Lipinski definition) is 4. The van der Waals surface area contributed by atoms with Crippen molar-refractivity contribution in [2.75, 3.05) is 18.5 Å². The zero-order chi connectivity index (χ0) is 30.4. The fraction of sp³-hybridized carbons (Fsp3) is 0.655. The van der Waals surface area contributed by atoms with E-state index in [-0.39, 0.29) is 43.5 Å². The minimum absolute atomic E-state index is 0.0214. The Bertz CT molecular complexity index is 1070. The van der Waals surface area contributed by atoms with E-state index in [9.17, 15) is 29.4 Å². The number of carboxylic acids is 1. The number of aliphatic hydroxyl groups is 1. The molecule has 11 nitrogen and oxygen atoms in total. The number of ether oxygens (including phenoxy) is 2. The molecule has 224 valence electrons. The molecule has 4 atom stereocenters. The van der Waals surface area contributed by atoms with Gasteiger partial charge in [0.05, 0.1) is 30.3 Å². The molecule has 1 aromatic rings. The second kappa shape index (κ2) is 13.3. The Balaban J connectivity index is 2.27. The number of nitrogens with one attached hydrogen (secondary N) is 2. The monoisotopic (exact) mass is 563 g/mol. The lowest BCUT2D eigenvalue weighted by Crippen LogP contribution is -2.51. The predicted octanol–water partition coefficient (Wildman–Crippen LogP) is 3.33. The maximum atomic E-state index is 13.6. The molecule has 2 rings (SSSR count). The number of para-hydroxylation sites is 2. The van der Waals surface area contributed by atoms with E-state index in [0.29, 0.717) is 11.4 Å². The van der Waals surface area contributed by atoms with Crippen LogP contribution in [0.1, 0.15) is 67.7 Å². The number of anilines is 1.